The van der Waals surface area contributed by atoms with Crippen molar-refractivity contribution in [2.24, 2.45) is 22.7 Å². The molecular formula is C26H52O3Si. The van der Waals surface area contributed by atoms with Crippen LogP contribution in [0.5, 0.6) is 0 Å². The summed E-state index contributed by atoms with van der Waals surface area (Å²) < 4.78 is 53.1. The first-order chi connectivity index (χ1) is 16.1. The molecule has 2 fully saturated rings. The van der Waals surface area contributed by atoms with E-state index in [2.05, 4.69) is 47.7 Å². The molecule has 0 saturated heterocycles. The molecule has 0 amide bonds. The minimum atomic E-state index is -2.99. The van der Waals surface area contributed by atoms with Crippen LogP contribution in [0, 0.1) is 22.7 Å². The third kappa shape index (κ3) is 5.71. The normalized spacial score (nSPS) is 36.5. The molecule has 30 heavy (non-hydrogen) atoms. The van der Waals surface area contributed by atoms with Crippen LogP contribution in [-0.2, 0) is 4.43 Å². The second-order valence-electron chi connectivity index (χ2n) is 12.4. The molecule has 2 rings (SSSR count). The van der Waals surface area contributed by atoms with Crippen molar-refractivity contribution >= 4 is 8.32 Å². The fraction of sp³-hybridized carbons (Fsp3) is 1.00. The molecule has 178 valence electrons. The van der Waals surface area contributed by atoms with E-state index >= 15 is 0 Å². The maximum Gasteiger partial charge on any atom is 0.192 e. The lowest BCUT2D eigenvalue weighted by Crippen LogP contribution is -2.51. The quantitative estimate of drug-likeness (QED) is 0.378. The zero-order valence-electron chi connectivity index (χ0n) is 26.6. The molecule has 3 nitrogen and oxygen atoms in total. The summed E-state index contributed by atoms with van der Waals surface area (Å²) in [7, 11) is -1.92. The molecule has 0 aromatic rings. The van der Waals surface area contributed by atoms with Crippen molar-refractivity contribution in [3.05, 3.63) is 0 Å². The topological polar surface area (TPSA) is 49.7 Å². The van der Waals surface area contributed by atoms with Gasteiger partial charge >= 0.3 is 0 Å². The van der Waals surface area contributed by atoms with Crippen molar-refractivity contribution < 1.29 is 22.9 Å². The minimum Gasteiger partial charge on any atom is -0.414 e. The van der Waals surface area contributed by atoms with Gasteiger partial charge in [-0.15, -0.1) is 0 Å². The molecule has 0 aromatic carbocycles. The van der Waals surface area contributed by atoms with E-state index in [4.69, 9.17) is 12.7 Å². The van der Waals surface area contributed by atoms with Gasteiger partial charge in [-0.05, 0) is 99.4 Å². The predicted molar refractivity (Wildman–Crippen MR) is 130 cm³/mol. The van der Waals surface area contributed by atoms with Gasteiger partial charge in [0.15, 0.2) is 8.32 Å². The Balaban J connectivity index is 2.26. The average molecular weight is 447 g/mol. The Morgan fingerprint density at radius 1 is 1.07 bits per heavy atom. The summed E-state index contributed by atoms with van der Waals surface area (Å²) in [6.45, 7) is 10.1. The Labute approximate surface area is 196 Å². The highest BCUT2D eigenvalue weighted by Crippen LogP contribution is 2.63. The molecule has 0 aliphatic heterocycles. The molecule has 1 unspecified atom stereocenters. The molecule has 0 spiro atoms. The molecule has 0 radical (unpaired) electrons. The summed E-state index contributed by atoms with van der Waals surface area (Å²) >= 11 is 0. The van der Waals surface area contributed by atoms with Crippen molar-refractivity contribution in [2.45, 2.75) is 136 Å². The van der Waals surface area contributed by atoms with Crippen LogP contribution in [0.25, 0.3) is 0 Å². The van der Waals surface area contributed by atoms with E-state index in [1.165, 1.54) is 0 Å². The molecule has 2 saturated carbocycles. The van der Waals surface area contributed by atoms with Gasteiger partial charge in [0.2, 0.25) is 0 Å². The first-order valence-corrected chi connectivity index (χ1v) is 15.0. The monoisotopic (exact) mass is 446 g/mol. The molecular weight excluding hydrogens is 388 g/mol. The third-order valence-corrected chi connectivity index (χ3v) is 13.6. The Hall–Kier alpha value is 0.0969. The number of aliphatic hydroxyl groups is 2. The van der Waals surface area contributed by atoms with Crippen molar-refractivity contribution in [2.75, 3.05) is 6.61 Å². The molecule has 0 bridgehead atoms. The maximum absolute atomic E-state index is 10.7. The van der Waals surface area contributed by atoms with Gasteiger partial charge in [0, 0.05) is 20.9 Å². The van der Waals surface area contributed by atoms with Crippen LogP contribution in [0.4, 0.5) is 0 Å². The minimum absolute atomic E-state index is 0.0282. The summed E-state index contributed by atoms with van der Waals surface area (Å²) in [4.78, 5) is 0. The fourth-order valence-corrected chi connectivity index (χ4v) is 7.83. The first kappa shape index (κ1) is 18.5. The van der Waals surface area contributed by atoms with E-state index in [1.54, 1.807) is 0 Å². The van der Waals surface area contributed by atoms with Gasteiger partial charge in [-0.25, -0.2) is 0 Å². The number of rotatable bonds is 9. The molecule has 2 N–H and O–H groups in total. The summed E-state index contributed by atoms with van der Waals surface area (Å²) in [5, 5.41) is 20.9. The lowest BCUT2D eigenvalue weighted by atomic mass is 9.56. The van der Waals surface area contributed by atoms with Crippen molar-refractivity contribution in [3.8, 4) is 0 Å². The van der Waals surface area contributed by atoms with Crippen LogP contribution in [0.15, 0.2) is 0 Å². The fourth-order valence-electron chi connectivity index (χ4n) is 6.44. The zero-order chi connectivity index (χ0) is 28.0. The number of hydrogen-bond donors (Lipinski definition) is 2. The highest BCUT2D eigenvalue weighted by molar-refractivity contribution is 6.74. The summed E-state index contributed by atoms with van der Waals surface area (Å²) in [6.07, 6.45) is 6.76. The van der Waals surface area contributed by atoms with E-state index in [9.17, 15) is 10.2 Å². The Bertz CT molecular complexity index is 733. The number of aliphatic hydroxyl groups excluding tert-OH is 1. The van der Waals surface area contributed by atoms with Gasteiger partial charge in [0.1, 0.15) is 0 Å². The van der Waals surface area contributed by atoms with Crippen LogP contribution < -0.4 is 0 Å². The van der Waals surface area contributed by atoms with Crippen LogP contribution in [0.3, 0.4) is 0 Å². The first-order valence-electron chi connectivity index (χ1n) is 15.1. The Kier molecular flexibility index (Phi) is 5.65. The molecule has 2 aliphatic carbocycles. The van der Waals surface area contributed by atoms with Gasteiger partial charge in [0.05, 0.1) is 5.60 Å². The van der Waals surface area contributed by atoms with Gasteiger partial charge < -0.3 is 14.6 Å². The highest BCUT2D eigenvalue weighted by Gasteiger charge is 2.57. The highest BCUT2D eigenvalue weighted by atomic mass is 28.4. The molecule has 2 aliphatic rings. The van der Waals surface area contributed by atoms with Gasteiger partial charge in [-0.2, -0.15) is 0 Å². The average Bonchev–Trinajstić information content (AvgIpc) is 3.04. The molecule has 5 atom stereocenters. The van der Waals surface area contributed by atoms with Crippen molar-refractivity contribution in [1.82, 2.24) is 0 Å². The number of fused-ring (bicyclic) bond motifs is 1. The van der Waals surface area contributed by atoms with Crippen LogP contribution in [0.2, 0.25) is 18.1 Å². The maximum atomic E-state index is 10.7. The van der Waals surface area contributed by atoms with Crippen molar-refractivity contribution in [1.29, 1.82) is 0 Å². The molecule has 0 aromatic heterocycles. The lowest BCUT2D eigenvalue weighted by molar-refractivity contribution is -0.0511. The van der Waals surface area contributed by atoms with Gasteiger partial charge in [-0.3, -0.25) is 0 Å². The molecule has 4 heteroatoms. The Morgan fingerprint density at radius 2 is 1.73 bits per heavy atom. The standard InChI is InChI=1S/C26H52O3Si/c1-23(2,3)30(8,9)29-21-12-10-17-26(7)20(21)13-14-22(26)25(6,18-19-27)16-11-15-24(4,5)28/h20-22,27-28H,10-19H2,1-9H3/t20?,21-,22+,25+,26-/m0/s1/i4D3,5D3. The molecule has 0 heterocycles. The van der Waals surface area contributed by atoms with Crippen LogP contribution in [-0.4, -0.2) is 36.8 Å². The second kappa shape index (κ2) is 9.15. The Morgan fingerprint density at radius 3 is 2.30 bits per heavy atom. The summed E-state index contributed by atoms with van der Waals surface area (Å²) in [6, 6.07) is 0. The van der Waals surface area contributed by atoms with E-state index in [0.717, 1.165) is 32.1 Å². The SMILES string of the molecule is [2H]C([2H])([2H])C(O)(CCC[C@](C)(CCO)[C@H]1CCC2[C@@H](O[Si](C)(C)C(C)(C)C)CCC[C@@]21C)C([2H])([2H])[2H]. The smallest absolute Gasteiger partial charge is 0.192 e. The summed E-state index contributed by atoms with van der Waals surface area (Å²) in [5.74, 6) is 0.770. The largest absolute Gasteiger partial charge is 0.414 e. The van der Waals surface area contributed by atoms with E-state index in [0.29, 0.717) is 24.7 Å². The van der Waals surface area contributed by atoms with Gasteiger partial charge in [-0.1, -0.05) is 47.5 Å². The van der Waals surface area contributed by atoms with E-state index in [1.807, 2.05) is 0 Å². The van der Waals surface area contributed by atoms with Crippen LogP contribution in [0.1, 0.15) is 114 Å². The van der Waals surface area contributed by atoms with Gasteiger partial charge in [0.25, 0.3) is 0 Å². The van der Waals surface area contributed by atoms with Crippen molar-refractivity contribution in [3.63, 3.8) is 0 Å². The predicted octanol–water partition coefficient (Wildman–Crippen LogP) is 6.92. The third-order valence-electron chi connectivity index (χ3n) is 9.13. The van der Waals surface area contributed by atoms with E-state index < -0.39 is 27.6 Å². The zero-order valence-corrected chi connectivity index (χ0v) is 21.6. The summed E-state index contributed by atoms with van der Waals surface area (Å²) in [5.41, 5.74) is -2.95. The van der Waals surface area contributed by atoms with Crippen LogP contribution >= 0.6 is 0 Å². The lowest BCUT2D eigenvalue weighted by Gasteiger charge is -2.52. The number of hydrogen-bond acceptors (Lipinski definition) is 3. The second-order valence-corrected chi connectivity index (χ2v) is 17.1. The van der Waals surface area contributed by atoms with E-state index in [-0.39, 0.29) is 41.4 Å².